The van der Waals surface area contributed by atoms with Crippen molar-refractivity contribution in [3.63, 3.8) is 0 Å². The highest BCUT2D eigenvalue weighted by Gasteiger charge is 2.67. The quantitative estimate of drug-likeness (QED) is 0.461. The molecule has 1 aromatic carbocycles. The Labute approximate surface area is 169 Å². The fourth-order valence-corrected chi connectivity index (χ4v) is 6.07. The Kier molecular flexibility index (Phi) is 3.38. The summed E-state index contributed by atoms with van der Waals surface area (Å²) in [6, 6.07) is 12.2. The van der Waals surface area contributed by atoms with Crippen LogP contribution in [0, 0.1) is 49.4 Å². The molecule has 2 aromatic rings. The minimum Gasteiger partial charge on any atom is -0.318 e. The van der Waals surface area contributed by atoms with Gasteiger partial charge in [-0.15, -0.1) is 0 Å². The summed E-state index contributed by atoms with van der Waals surface area (Å²) in [6.07, 6.45) is 7.22. The molecule has 1 aliphatic heterocycles. The molecule has 0 N–H and O–H groups in total. The van der Waals surface area contributed by atoms with Crippen LogP contribution >= 0.6 is 0 Å². The van der Waals surface area contributed by atoms with Crippen LogP contribution in [0.3, 0.4) is 0 Å². The van der Waals surface area contributed by atoms with Crippen molar-refractivity contribution in [1.82, 2.24) is 9.58 Å². The first-order chi connectivity index (χ1) is 14.1. The van der Waals surface area contributed by atoms with Crippen molar-refractivity contribution < 1.29 is 9.59 Å². The van der Waals surface area contributed by atoms with Gasteiger partial charge < -0.3 is 4.57 Å². The number of allylic oxidation sites excluding steroid dienone is 2. The Bertz CT molecular complexity index is 1060. The fraction of sp³-hybridized carbons (Fsp3) is 0.375. The molecule has 0 unspecified atom stereocenters. The molecule has 5 heteroatoms. The summed E-state index contributed by atoms with van der Waals surface area (Å²) in [7, 11) is 0. The zero-order valence-electron chi connectivity index (χ0n) is 16.5. The zero-order valence-corrected chi connectivity index (χ0v) is 16.5. The Morgan fingerprint density at radius 3 is 2.21 bits per heavy atom. The fourth-order valence-electron chi connectivity index (χ4n) is 6.07. The molecule has 0 spiro atoms. The molecule has 4 aliphatic carbocycles. The molecular weight excluding hydrogens is 362 g/mol. The highest BCUT2D eigenvalue weighted by atomic mass is 16.2. The van der Waals surface area contributed by atoms with Crippen LogP contribution in [-0.4, -0.2) is 27.6 Å². The largest absolute Gasteiger partial charge is 0.318 e. The summed E-state index contributed by atoms with van der Waals surface area (Å²) in [4.78, 5) is 26.1. The van der Waals surface area contributed by atoms with Gasteiger partial charge in [-0.1, -0.05) is 30.4 Å². The summed E-state index contributed by atoms with van der Waals surface area (Å²) in [5.74, 6) is 1.05. The van der Waals surface area contributed by atoms with Crippen LogP contribution in [0.15, 0.2) is 53.7 Å². The van der Waals surface area contributed by atoms with Gasteiger partial charge >= 0.3 is 0 Å². The van der Waals surface area contributed by atoms with Crippen molar-refractivity contribution in [2.45, 2.75) is 20.3 Å². The lowest BCUT2D eigenvalue weighted by molar-refractivity contribution is -0.140. The number of aromatic nitrogens is 1. The van der Waals surface area contributed by atoms with Crippen LogP contribution in [0.4, 0.5) is 0 Å². The molecule has 7 rings (SSSR count). The normalized spacial score (nSPS) is 34.2. The number of para-hydroxylation sites is 1. The Morgan fingerprint density at radius 2 is 1.59 bits per heavy atom. The number of hydrogen-bond donors (Lipinski definition) is 0. The minimum absolute atomic E-state index is 0.113. The first kappa shape index (κ1) is 17.0. The first-order valence-corrected chi connectivity index (χ1v) is 10.4. The first-order valence-electron chi connectivity index (χ1n) is 10.4. The van der Waals surface area contributed by atoms with Gasteiger partial charge in [-0.2, -0.15) is 10.1 Å². The molecule has 2 bridgehead atoms. The Balaban J connectivity index is 1.31. The van der Waals surface area contributed by atoms with Crippen LogP contribution in [0.1, 0.15) is 23.4 Å². The second kappa shape index (κ2) is 5.78. The second-order valence-corrected chi connectivity index (χ2v) is 8.88. The van der Waals surface area contributed by atoms with Gasteiger partial charge in [0.2, 0.25) is 0 Å². The number of carbonyl (C=O) groups is 2. The standard InChI is InChI=1S/C24H23N3O2/c1-13-10-15(14(2)26(13)16-6-4-3-5-7-16)12-25-27-23(28)21-17-8-9-18(20-11-19(17)20)22(21)24(27)29/h3-10,12,17-22H,11H2,1-2H3/b25-12-/t17-,18-,19-,20-,21-,22+/m0/s1. The number of rotatable bonds is 3. The van der Waals surface area contributed by atoms with Gasteiger partial charge in [0.15, 0.2) is 0 Å². The molecular formula is C24H23N3O2. The molecule has 2 amide bonds. The van der Waals surface area contributed by atoms with Crippen LogP contribution in [0.5, 0.6) is 0 Å². The Morgan fingerprint density at radius 1 is 0.966 bits per heavy atom. The third-order valence-electron chi connectivity index (χ3n) is 7.44. The molecule has 146 valence electrons. The lowest BCUT2D eigenvalue weighted by Gasteiger charge is -2.37. The van der Waals surface area contributed by atoms with E-state index < -0.39 is 0 Å². The minimum atomic E-state index is -0.199. The average molecular weight is 385 g/mol. The van der Waals surface area contributed by atoms with Gasteiger partial charge in [0.25, 0.3) is 11.8 Å². The molecule has 2 saturated carbocycles. The van der Waals surface area contributed by atoms with Gasteiger partial charge in [0.1, 0.15) is 0 Å². The highest BCUT2D eigenvalue weighted by Crippen LogP contribution is 2.65. The summed E-state index contributed by atoms with van der Waals surface area (Å²) >= 11 is 0. The molecule has 5 nitrogen and oxygen atoms in total. The van der Waals surface area contributed by atoms with Crippen LogP contribution < -0.4 is 0 Å². The number of nitrogens with zero attached hydrogens (tertiary/aromatic N) is 3. The van der Waals surface area contributed by atoms with Crippen molar-refractivity contribution in [2.24, 2.45) is 40.6 Å². The maximum absolute atomic E-state index is 13.1. The van der Waals surface area contributed by atoms with Crippen molar-refractivity contribution >= 4 is 18.0 Å². The van der Waals surface area contributed by atoms with E-state index in [4.69, 9.17) is 0 Å². The average Bonchev–Trinajstić information content (AvgIpc) is 3.45. The molecule has 0 radical (unpaired) electrons. The van der Waals surface area contributed by atoms with Crippen LogP contribution in [0.2, 0.25) is 0 Å². The van der Waals surface area contributed by atoms with Gasteiger partial charge in [-0.25, -0.2) is 0 Å². The van der Waals surface area contributed by atoms with Gasteiger partial charge in [0.05, 0.1) is 18.1 Å². The highest BCUT2D eigenvalue weighted by molar-refractivity contribution is 6.06. The van der Waals surface area contributed by atoms with Crippen molar-refractivity contribution in [3.05, 3.63) is 65.5 Å². The van der Waals surface area contributed by atoms with E-state index in [0.29, 0.717) is 11.8 Å². The third-order valence-corrected chi connectivity index (χ3v) is 7.44. The second-order valence-electron chi connectivity index (χ2n) is 8.88. The van der Waals surface area contributed by atoms with Crippen LogP contribution in [0.25, 0.3) is 5.69 Å². The predicted molar refractivity (Wildman–Crippen MR) is 109 cm³/mol. The number of hydrazone groups is 1. The molecule has 2 heterocycles. The van der Waals surface area contributed by atoms with Gasteiger partial charge in [-0.05, 0) is 62.1 Å². The molecule has 1 aromatic heterocycles. The van der Waals surface area contributed by atoms with Crippen molar-refractivity contribution in [1.29, 1.82) is 0 Å². The monoisotopic (exact) mass is 385 g/mol. The maximum atomic E-state index is 13.1. The summed E-state index contributed by atoms with van der Waals surface area (Å²) < 4.78 is 2.16. The van der Waals surface area contributed by atoms with E-state index in [9.17, 15) is 9.59 Å². The maximum Gasteiger partial charge on any atom is 0.254 e. The van der Waals surface area contributed by atoms with E-state index in [2.05, 4.69) is 34.0 Å². The van der Waals surface area contributed by atoms with E-state index in [1.54, 1.807) is 6.21 Å². The summed E-state index contributed by atoms with van der Waals surface area (Å²) in [6.45, 7) is 4.08. The number of aryl methyl sites for hydroxylation is 1. The van der Waals surface area contributed by atoms with Crippen LogP contribution in [-0.2, 0) is 9.59 Å². The molecule has 5 aliphatic rings. The number of carbonyl (C=O) groups excluding carboxylic acids is 2. The topological polar surface area (TPSA) is 54.7 Å². The van der Waals surface area contributed by atoms with Gasteiger partial charge in [0, 0.05) is 22.6 Å². The van der Waals surface area contributed by atoms with Crippen molar-refractivity contribution in [2.75, 3.05) is 0 Å². The lowest BCUT2D eigenvalue weighted by atomic mass is 9.63. The number of imide groups is 1. The van der Waals surface area contributed by atoms with E-state index in [1.807, 2.05) is 38.1 Å². The van der Waals surface area contributed by atoms with E-state index in [-0.39, 0.29) is 35.5 Å². The number of benzene rings is 1. The molecule has 1 saturated heterocycles. The molecule has 29 heavy (non-hydrogen) atoms. The Hall–Kier alpha value is -2.95. The SMILES string of the molecule is Cc1cc(/C=N\N2C(=O)[C@@H]3[C@H]4C=C[C@@H]([C@@H]5C[C@@H]45)[C@@H]3C2=O)c(C)n1-c1ccccc1. The summed E-state index contributed by atoms with van der Waals surface area (Å²) in [5.41, 5.74) is 4.14. The summed E-state index contributed by atoms with van der Waals surface area (Å²) in [5, 5.41) is 5.55. The number of amides is 2. The lowest BCUT2D eigenvalue weighted by Crippen LogP contribution is -2.40. The molecule has 3 fully saturated rings. The van der Waals surface area contributed by atoms with E-state index in [1.165, 1.54) is 6.42 Å². The van der Waals surface area contributed by atoms with Crippen molar-refractivity contribution in [3.8, 4) is 5.69 Å². The number of hydrogen-bond acceptors (Lipinski definition) is 3. The van der Waals surface area contributed by atoms with E-state index >= 15 is 0 Å². The zero-order chi connectivity index (χ0) is 19.9. The molecule has 6 atom stereocenters. The smallest absolute Gasteiger partial charge is 0.254 e. The third kappa shape index (κ3) is 2.24. The predicted octanol–water partition coefficient (Wildman–Crippen LogP) is 3.48. The van der Waals surface area contributed by atoms with Gasteiger partial charge in [-0.3, -0.25) is 9.59 Å². The van der Waals surface area contributed by atoms with E-state index in [0.717, 1.165) is 27.6 Å².